The summed E-state index contributed by atoms with van der Waals surface area (Å²) in [5, 5.41) is 11.1. The lowest BCUT2D eigenvalue weighted by molar-refractivity contribution is -0.164. The van der Waals surface area contributed by atoms with Crippen LogP contribution >= 0.6 is 0 Å². The molecule has 2 atom stereocenters. The van der Waals surface area contributed by atoms with E-state index in [9.17, 15) is 31.9 Å². The first kappa shape index (κ1) is 25.5. The molecule has 1 aromatic carbocycles. The summed E-state index contributed by atoms with van der Waals surface area (Å²) in [6, 6.07) is -1.56. The van der Waals surface area contributed by atoms with E-state index in [2.05, 4.69) is 0 Å². The zero-order chi connectivity index (χ0) is 24.0. The number of carbonyl (C=O) groups is 1. The van der Waals surface area contributed by atoms with E-state index in [0.29, 0.717) is 6.07 Å². The number of carboxylic acid groups (broad SMARTS) is 1. The van der Waals surface area contributed by atoms with Crippen LogP contribution in [0.25, 0.3) is 0 Å². The molecular weight excluding hydrogens is 424 g/mol. The number of hydrogen-bond acceptors (Lipinski definition) is 4. The summed E-state index contributed by atoms with van der Waals surface area (Å²) in [6.07, 6.45) is -5.66. The molecule has 0 amide bonds. The minimum atomic E-state index is -4.95. The average molecular weight is 451 g/mol. The second kappa shape index (κ2) is 8.33. The number of halogens is 5. The third-order valence-corrected chi connectivity index (χ3v) is 5.55. The van der Waals surface area contributed by atoms with Gasteiger partial charge in [-0.25, -0.2) is 8.78 Å². The van der Waals surface area contributed by atoms with Crippen LogP contribution in [-0.4, -0.2) is 47.3 Å². The van der Waals surface area contributed by atoms with E-state index in [1.807, 2.05) is 5.32 Å². The zero-order valence-corrected chi connectivity index (χ0v) is 18.2. The summed E-state index contributed by atoms with van der Waals surface area (Å²) in [4.78, 5) is 11.4. The van der Waals surface area contributed by atoms with Gasteiger partial charge < -0.3 is 14.4 Å². The van der Waals surface area contributed by atoms with Crippen molar-refractivity contribution in [1.29, 1.82) is 0 Å². The summed E-state index contributed by atoms with van der Waals surface area (Å²) < 4.78 is 81.2. The Bertz CT molecular complexity index is 807. The van der Waals surface area contributed by atoms with Crippen LogP contribution in [0.2, 0.25) is 0 Å². The van der Waals surface area contributed by atoms with Gasteiger partial charge in [0.15, 0.2) is 0 Å². The topological polar surface area (TPSA) is 67.8 Å². The molecule has 1 aliphatic heterocycles. The second-order valence-electron chi connectivity index (χ2n) is 9.32. The van der Waals surface area contributed by atoms with Gasteiger partial charge in [-0.3, -0.25) is 10.1 Å². The van der Waals surface area contributed by atoms with Gasteiger partial charge in [-0.15, -0.1) is 0 Å². The van der Waals surface area contributed by atoms with Gasteiger partial charge in [0.25, 0.3) is 0 Å². The Kier molecular flexibility index (Phi) is 6.86. The Hall–Kier alpha value is -1.72. The molecule has 0 radical (unpaired) electrons. The fourth-order valence-electron chi connectivity index (χ4n) is 3.17. The fraction of sp³-hybridized carbons (Fsp3) is 0.650. The molecule has 2 N–H and O–H groups in total. The maximum Gasteiger partial charge on any atom is 0.497 e. The molecule has 1 aliphatic rings. The summed E-state index contributed by atoms with van der Waals surface area (Å²) in [7, 11) is -1.12. The quantitative estimate of drug-likeness (QED) is 0.486. The van der Waals surface area contributed by atoms with Crippen molar-refractivity contribution in [2.45, 2.75) is 83.1 Å². The van der Waals surface area contributed by atoms with E-state index in [1.54, 1.807) is 27.7 Å². The molecule has 0 saturated carbocycles. The van der Waals surface area contributed by atoms with Gasteiger partial charge in [0.2, 0.25) is 0 Å². The van der Waals surface area contributed by atoms with Gasteiger partial charge in [0.05, 0.1) is 11.2 Å². The Balaban J connectivity index is 2.35. The third kappa shape index (κ3) is 5.96. The maximum absolute atomic E-state index is 14.8. The maximum atomic E-state index is 14.8. The van der Waals surface area contributed by atoms with Crippen molar-refractivity contribution in [1.82, 2.24) is 5.32 Å². The summed E-state index contributed by atoms with van der Waals surface area (Å²) in [5.41, 5.74) is -4.20. The average Bonchev–Trinajstić information content (AvgIpc) is 2.76. The Morgan fingerprint density at radius 1 is 1.13 bits per heavy atom. The van der Waals surface area contributed by atoms with Gasteiger partial charge in [0, 0.05) is 11.9 Å². The predicted octanol–water partition coefficient (Wildman–Crippen LogP) is 3.91. The van der Waals surface area contributed by atoms with Crippen LogP contribution in [0.1, 0.15) is 59.6 Å². The highest BCUT2D eigenvalue weighted by atomic mass is 19.4. The lowest BCUT2D eigenvalue weighted by Gasteiger charge is -2.32. The minimum Gasteiger partial charge on any atom is -0.480 e. The van der Waals surface area contributed by atoms with Crippen molar-refractivity contribution in [3.63, 3.8) is 0 Å². The lowest BCUT2D eigenvalue weighted by atomic mass is 9.78. The largest absolute Gasteiger partial charge is 0.497 e. The van der Waals surface area contributed by atoms with E-state index in [1.165, 1.54) is 0 Å². The highest BCUT2D eigenvalue weighted by Gasteiger charge is 2.52. The molecule has 1 aromatic rings. The molecular formula is C20H27BF5NO4. The van der Waals surface area contributed by atoms with E-state index in [4.69, 9.17) is 9.31 Å². The van der Waals surface area contributed by atoms with Gasteiger partial charge >= 0.3 is 19.3 Å². The van der Waals surface area contributed by atoms with Crippen molar-refractivity contribution < 1.29 is 41.2 Å². The number of aliphatic carboxylic acids is 1. The molecule has 1 heterocycles. The van der Waals surface area contributed by atoms with Gasteiger partial charge in [0.1, 0.15) is 23.6 Å². The summed E-state index contributed by atoms with van der Waals surface area (Å²) in [5.74, 6) is -2.64. The summed E-state index contributed by atoms with van der Waals surface area (Å²) in [6.45, 7) is 9.13. The molecule has 31 heavy (non-hydrogen) atoms. The van der Waals surface area contributed by atoms with Gasteiger partial charge in [-0.1, -0.05) is 12.1 Å². The molecule has 0 aliphatic carbocycles. The number of alkyl halides is 4. The Morgan fingerprint density at radius 3 is 2.03 bits per heavy atom. The zero-order valence-electron chi connectivity index (χ0n) is 18.2. The number of carboxylic acids is 1. The van der Waals surface area contributed by atoms with Crippen LogP contribution < -0.4 is 10.8 Å². The molecule has 0 aromatic heterocycles. The molecule has 1 fully saturated rings. The van der Waals surface area contributed by atoms with Crippen molar-refractivity contribution in [3.05, 3.63) is 29.6 Å². The SMILES string of the molecule is CC(C)(F)C[C@H](NC(c1ccc(B2OC(C)(C)C(C)(C)O2)c(F)c1)C(F)(F)F)C(=O)O. The smallest absolute Gasteiger partial charge is 0.480 e. The Labute approximate surface area is 178 Å². The predicted molar refractivity (Wildman–Crippen MR) is 105 cm³/mol. The van der Waals surface area contributed by atoms with Crippen molar-refractivity contribution >= 4 is 18.6 Å². The molecule has 0 spiro atoms. The van der Waals surface area contributed by atoms with Crippen molar-refractivity contribution in [2.24, 2.45) is 0 Å². The van der Waals surface area contributed by atoms with Crippen molar-refractivity contribution in [3.8, 4) is 0 Å². The van der Waals surface area contributed by atoms with E-state index in [0.717, 1.165) is 26.0 Å². The first-order chi connectivity index (χ1) is 13.8. The van der Waals surface area contributed by atoms with Crippen LogP contribution in [0.3, 0.4) is 0 Å². The van der Waals surface area contributed by atoms with Crippen molar-refractivity contribution in [2.75, 3.05) is 0 Å². The fourth-order valence-corrected chi connectivity index (χ4v) is 3.17. The van der Waals surface area contributed by atoms with Crippen LogP contribution in [0.5, 0.6) is 0 Å². The monoisotopic (exact) mass is 451 g/mol. The van der Waals surface area contributed by atoms with E-state index in [-0.39, 0.29) is 5.46 Å². The molecule has 1 saturated heterocycles. The van der Waals surface area contributed by atoms with Crippen LogP contribution in [0.4, 0.5) is 22.0 Å². The molecule has 5 nitrogen and oxygen atoms in total. The molecule has 1 unspecified atom stereocenters. The first-order valence-electron chi connectivity index (χ1n) is 9.73. The van der Waals surface area contributed by atoms with Crippen LogP contribution in [0.15, 0.2) is 18.2 Å². The second-order valence-corrected chi connectivity index (χ2v) is 9.32. The lowest BCUT2D eigenvalue weighted by Crippen LogP contribution is -2.47. The van der Waals surface area contributed by atoms with Gasteiger partial charge in [-0.05, 0) is 53.2 Å². The molecule has 11 heteroatoms. The Morgan fingerprint density at radius 2 is 1.65 bits per heavy atom. The third-order valence-electron chi connectivity index (χ3n) is 5.55. The molecule has 2 rings (SSSR count). The number of benzene rings is 1. The first-order valence-corrected chi connectivity index (χ1v) is 9.73. The molecule has 174 valence electrons. The van der Waals surface area contributed by atoms with Gasteiger partial charge in [-0.2, -0.15) is 13.2 Å². The minimum absolute atomic E-state index is 0.0806. The van der Waals surface area contributed by atoms with E-state index >= 15 is 0 Å². The number of hydrogen-bond donors (Lipinski definition) is 2. The normalized spacial score (nSPS) is 20.5. The highest BCUT2D eigenvalue weighted by Crippen LogP contribution is 2.37. The standard InChI is InChI=1S/C20H27BF5NO4/c1-17(2,23)10-14(16(28)29)27-15(20(24,25)26)11-7-8-12(13(22)9-11)21-30-18(3,4)19(5,6)31-21/h7-9,14-15,27H,10H2,1-6H3,(H,28,29)/t14-,15?/m0/s1. The summed E-state index contributed by atoms with van der Waals surface area (Å²) >= 11 is 0. The molecule has 0 bridgehead atoms. The van der Waals surface area contributed by atoms with E-state index < -0.39 is 66.0 Å². The van der Waals surface area contributed by atoms with Crippen LogP contribution in [-0.2, 0) is 14.1 Å². The number of nitrogens with one attached hydrogen (secondary N) is 1. The van der Waals surface area contributed by atoms with Crippen LogP contribution in [0, 0.1) is 5.82 Å². The highest BCUT2D eigenvalue weighted by molar-refractivity contribution is 6.62. The number of rotatable bonds is 7.